The Balaban J connectivity index is 2.10. The van der Waals surface area contributed by atoms with Gasteiger partial charge in [0.05, 0.1) is 13.2 Å². The normalized spacial score (nSPS) is 19.7. The molecular formula is C18H16FNO2. The first-order valence-corrected chi connectivity index (χ1v) is 7.21. The van der Waals surface area contributed by atoms with Gasteiger partial charge in [-0.15, -0.1) is 0 Å². The molecule has 0 bridgehead atoms. The van der Waals surface area contributed by atoms with Crippen molar-refractivity contribution in [3.8, 4) is 0 Å². The number of aliphatic hydroxyl groups excluding tert-OH is 1. The molecule has 1 aliphatic rings. The highest BCUT2D eigenvalue weighted by molar-refractivity contribution is 5.54. The highest BCUT2D eigenvalue weighted by Gasteiger charge is 2.41. The van der Waals surface area contributed by atoms with E-state index in [1.54, 1.807) is 18.2 Å². The Morgan fingerprint density at radius 1 is 1.23 bits per heavy atom. The van der Waals surface area contributed by atoms with E-state index in [2.05, 4.69) is 4.85 Å². The van der Waals surface area contributed by atoms with Gasteiger partial charge in [-0.2, -0.15) is 0 Å². The predicted molar refractivity (Wildman–Crippen MR) is 81.0 cm³/mol. The fourth-order valence-corrected chi connectivity index (χ4v) is 3.08. The van der Waals surface area contributed by atoms with Crippen LogP contribution in [0.2, 0.25) is 0 Å². The number of halogens is 1. The van der Waals surface area contributed by atoms with Crippen molar-refractivity contribution in [2.75, 3.05) is 6.61 Å². The van der Waals surface area contributed by atoms with Gasteiger partial charge in [0.1, 0.15) is 11.4 Å². The highest BCUT2D eigenvalue weighted by atomic mass is 19.1. The number of benzene rings is 2. The molecule has 2 aromatic rings. The molecule has 1 heterocycles. The van der Waals surface area contributed by atoms with Gasteiger partial charge in [0.15, 0.2) is 5.69 Å². The molecule has 0 saturated carbocycles. The highest BCUT2D eigenvalue weighted by Crippen LogP contribution is 2.46. The number of hydrogen-bond donors (Lipinski definition) is 1. The molecule has 0 saturated heterocycles. The van der Waals surface area contributed by atoms with Crippen LogP contribution in [0.4, 0.5) is 10.1 Å². The van der Waals surface area contributed by atoms with Crippen LogP contribution in [0.5, 0.6) is 0 Å². The summed E-state index contributed by atoms with van der Waals surface area (Å²) in [7, 11) is 0. The maximum absolute atomic E-state index is 13.2. The lowest BCUT2D eigenvalue weighted by molar-refractivity contribution is -0.0156. The van der Waals surface area contributed by atoms with E-state index < -0.39 is 5.60 Å². The Morgan fingerprint density at radius 2 is 2.00 bits per heavy atom. The van der Waals surface area contributed by atoms with E-state index in [0.717, 1.165) is 16.7 Å². The number of aliphatic hydroxyl groups is 1. The molecule has 0 aliphatic carbocycles. The summed E-state index contributed by atoms with van der Waals surface area (Å²) < 4.78 is 19.3. The Bertz CT molecular complexity index is 721. The van der Waals surface area contributed by atoms with Crippen molar-refractivity contribution in [1.82, 2.24) is 0 Å². The zero-order valence-corrected chi connectivity index (χ0v) is 12.1. The minimum absolute atomic E-state index is 0.0712. The third-order valence-electron chi connectivity index (χ3n) is 4.12. The molecular weight excluding hydrogens is 281 g/mol. The zero-order chi connectivity index (χ0) is 15.6. The summed E-state index contributed by atoms with van der Waals surface area (Å²) in [6.45, 7) is 7.60. The lowest BCUT2D eigenvalue weighted by atomic mass is 9.82. The number of ether oxygens (including phenoxy) is 1. The second kappa shape index (κ2) is 5.88. The first kappa shape index (κ1) is 14.7. The van der Waals surface area contributed by atoms with Crippen molar-refractivity contribution in [2.45, 2.75) is 25.0 Å². The molecule has 0 radical (unpaired) electrons. The van der Waals surface area contributed by atoms with Crippen LogP contribution in [-0.2, 0) is 16.9 Å². The van der Waals surface area contributed by atoms with Gasteiger partial charge in [0.2, 0.25) is 0 Å². The number of hydrogen-bond acceptors (Lipinski definition) is 2. The Kier molecular flexibility index (Phi) is 3.93. The standard InChI is InChI=1S/C18H16FNO2/c1-20-16-7-8-17-13(11-16)12-22-18(17,9-2-10-21)14-3-5-15(19)6-4-14/h3-8,11,21H,2,9-10,12H2. The smallest absolute Gasteiger partial charge is 0.187 e. The average Bonchev–Trinajstić information content (AvgIpc) is 2.92. The molecule has 0 aromatic heterocycles. The molecule has 0 fully saturated rings. The van der Waals surface area contributed by atoms with E-state index in [0.29, 0.717) is 25.1 Å². The van der Waals surface area contributed by atoms with Gasteiger partial charge in [-0.05, 0) is 41.7 Å². The van der Waals surface area contributed by atoms with Crippen LogP contribution in [0.15, 0.2) is 42.5 Å². The number of rotatable bonds is 4. The van der Waals surface area contributed by atoms with Gasteiger partial charge < -0.3 is 9.84 Å². The first-order valence-electron chi connectivity index (χ1n) is 7.21. The second-order valence-electron chi connectivity index (χ2n) is 5.40. The van der Waals surface area contributed by atoms with Crippen molar-refractivity contribution in [2.24, 2.45) is 0 Å². The van der Waals surface area contributed by atoms with Crippen LogP contribution in [0.1, 0.15) is 29.5 Å². The molecule has 3 nitrogen and oxygen atoms in total. The Hall–Kier alpha value is -2.22. The maximum atomic E-state index is 13.2. The first-order chi connectivity index (χ1) is 10.7. The van der Waals surface area contributed by atoms with Crippen LogP contribution in [0.25, 0.3) is 4.85 Å². The zero-order valence-electron chi connectivity index (χ0n) is 12.1. The molecule has 22 heavy (non-hydrogen) atoms. The van der Waals surface area contributed by atoms with Crippen LogP contribution in [0, 0.1) is 12.4 Å². The van der Waals surface area contributed by atoms with E-state index >= 15 is 0 Å². The third-order valence-corrected chi connectivity index (χ3v) is 4.12. The van der Waals surface area contributed by atoms with Crippen molar-refractivity contribution in [3.05, 3.63) is 76.4 Å². The van der Waals surface area contributed by atoms with Crippen molar-refractivity contribution < 1.29 is 14.2 Å². The van der Waals surface area contributed by atoms with Gasteiger partial charge in [0.25, 0.3) is 0 Å². The van der Waals surface area contributed by atoms with Crippen molar-refractivity contribution >= 4 is 5.69 Å². The van der Waals surface area contributed by atoms with Crippen molar-refractivity contribution in [3.63, 3.8) is 0 Å². The second-order valence-corrected chi connectivity index (χ2v) is 5.40. The largest absolute Gasteiger partial charge is 0.396 e. The molecule has 1 N–H and O–H groups in total. The topological polar surface area (TPSA) is 33.8 Å². The van der Waals surface area contributed by atoms with E-state index in [1.165, 1.54) is 12.1 Å². The molecule has 2 aromatic carbocycles. The predicted octanol–water partition coefficient (Wildman–Crippen LogP) is 3.92. The number of fused-ring (bicyclic) bond motifs is 1. The van der Waals surface area contributed by atoms with Gasteiger partial charge in [-0.1, -0.05) is 30.3 Å². The van der Waals surface area contributed by atoms with E-state index in [4.69, 9.17) is 11.3 Å². The van der Waals surface area contributed by atoms with Gasteiger partial charge in [-0.3, -0.25) is 0 Å². The third kappa shape index (κ3) is 2.39. The van der Waals surface area contributed by atoms with Crippen LogP contribution >= 0.6 is 0 Å². The molecule has 1 unspecified atom stereocenters. The molecule has 112 valence electrons. The van der Waals surface area contributed by atoms with Gasteiger partial charge >= 0.3 is 0 Å². The van der Waals surface area contributed by atoms with Crippen LogP contribution < -0.4 is 0 Å². The summed E-state index contributed by atoms with van der Waals surface area (Å²) in [5, 5.41) is 9.21. The van der Waals surface area contributed by atoms with E-state index in [9.17, 15) is 9.50 Å². The Labute approximate surface area is 128 Å². The summed E-state index contributed by atoms with van der Waals surface area (Å²) in [6.07, 6.45) is 1.20. The molecule has 0 amide bonds. The molecule has 1 aliphatic heterocycles. The molecule has 4 heteroatoms. The van der Waals surface area contributed by atoms with Crippen LogP contribution in [-0.4, -0.2) is 11.7 Å². The average molecular weight is 297 g/mol. The fourth-order valence-electron chi connectivity index (χ4n) is 3.08. The fraction of sp³-hybridized carbons (Fsp3) is 0.278. The molecule has 0 spiro atoms. The summed E-state index contributed by atoms with van der Waals surface area (Å²) in [6, 6.07) is 11.8. The molecule has 3 rings (SSSR count). The monoisotopic (exact) mass is 297 g/mol. The molecule has 1 atom stereocenters. The minimum atomic E-state index is -0.674. The lowest BCUT2D eigenvalue weighted by Gasteiger charge is -2.30. The SMILES string of the molecule is [C-]#[N+]c1ccc2c(c1)COC2(CCCO)c1ccc(F)cc1. The summed E-state index contributed by atoms with van der Waals surface area (Å²) in [5.41, 5.74) is 2.76. The Morgan fingerprint density at radius 3 is 2.68 bits per heavy atom. The number of nitrogens with zero attached hydrogens (tertiary/aromatic N) is 1. The quantitative estimate of drug-likeness (QED) is 0.868. The van der Waals surface area contributed by atoms with Gasteiger partial charge in [-0.25, -0.2) is 9.24 Å². The van der Waals surface area contributed by atoms with Crippen LogP contribution in [0.3, 0.4) is 0 Å². The summed E-state index contributed by atoms with van der Waals surface area (Å²) in [5.74, 6) is -0.289. The minimum Gasteiger partial charge on any atom is -0.396 e. The van der Waals surface area contributed by atoms with E-state index in [-0.39, 0.29) is 12.4 Å². The summed E-state index contributed by atoms with van der Waals surface area (Å²) in [4.78, 5) is 3.45. The summed E-state index contributed by atoms with van der Waals surface area (Å²) >= 11 is 0. The van der Waals surface area contributed by atoms with Gasteiger partial charge in [0, 0.05) is 6.61 Å². The maximum Gasteiger partial charge on any atom is 0.187 e. The van der Waals surface area contributed by atoms with E-state index in [1.807, 2.05) is 12.1 Å². The lowest BCUT2D eigenvalue weighted by Crippen LogP contribution is -2.27. The van der Waals surface area contributed by atoms with Crippen molar-refractivity contribution in [1.29, 1.82) is 0 Å².